The zero-order valence-corrected chi connectivity index (χ0v) is 14.6. The quantitative estimate of drug-likeness (QED) is 0.617. The molecule has 132 valence electrons. The van der Waals surface area contributed by atoms with E-state index in [9.17, 15) is 9.59 Å². The van der Waals surface area contributed by atoms with Crippen LogP contribution in [0.3, 0.4) is 0 Å². The van der Waals surface area contributed by atoms with Crippen molar-refractivity contribution in [3.63, 3.8) is 0 Å². The van der Waals surface area contributed by atoms with Gasteiger partial charge in [0.1, 0.15) is 13.2 Å². The van der Waals surface area contributed by atoms with Gasteiger partial charge in [-0.15, -0.1) is 0 Å². The number of carbonyl (C=O) groups excluding carboxylic acids is 2. The number of aromatic nitrogens is 1. The van der Waals surface area contributed by atoms with Gasteiger partial charge in [-0.3, -0.25) is 4.79 Å². The molecule has 0 amide bonds. The van der Waals surface area contributed by atoms with Gasteiger partial charge in [0.25, 0.3) is 0 Å². The van der Waals surface area contributed by atoms with Gasteiger partial charge < -0.3 is 18.8 Å². The smallest absolute Gasteiger partial charge is 0.338 e. The molecule has 1 aromatic carbocycles. The first-order chi connectivity index (χ1) is 12.0. The third-order valence-electron chi connectivity index (χ3n) is 4.30. The van der Waals surface area contributed by atoms with Crippen LogP contribution in [0.15, 0.2) is 24.3 Å². The summed E-state index contributed by atoms with van der Waals surface area (Å²) in [6, 6.07) is 6.67. The summed E-state index contributed by atoms with van der Waals surface area (Å²) in [6.45, 7) is 7.30. The molecule has 0 spiro atoms. The molecule has 2 heterocycles. The lowest BCUT2D eigenvalue weighted by Gasteiger charge is -2.18. The van der Waals surface area contributed by atoms with Gasteiger partial charge in [-0.25, -0.2) is 4.79 Å². The number of hydrogen-bond donors (Lipinski definition) is 0. The van der Waals surface area contributed by atoms with E-state index in [1.165, 1.54) is 0 Å². The fourth-order valence-electron chi connectivity index (χ4n) is 3.03. The van der Waals surface area contributed by atoms with Crippen LogP contribution in [0, 0.1) is 13.8 Å². The normalized spacial score (nSPS) is 12.8. The van der Waals surface area contributed by atoms with Gasteiger partial charge in [0, 0.05) is 23.5 Å². The second kappa shape index (κ2) is 7.01. The number of aryl methyl sites for hydroxylation is 1. The van der Waals surface area contributed by atoms with Crippen molar-refractivity contribution in [2.75, 3.05) is 19.8 Å². The number of nitrogens with zero attached hydrogens (tertiary/aromatic N) is 1. The number of benzene rings is 1. The summed E-state index contributed by atoms with van der Waals surface area (Å²) in [5.41, 5.74) is 2.83. The molecule has 6 heteroatoms. The van der Waals surface area contributed by atoms with Crippen molar-refractivity contribution in [1.82, 2.24) is 4.57 Å². The molecule has 0 bridgehead atoms. The molecule has 2 aromatic rings. The fraction of sp³-hybridized carbons (Fsp3) is 0.368. The Morgan fingerprint density at radius 1 is 1.12 bits per heavy atom. The van der Waals surface area contributed by atoms with Crippen LogP contribution in [-0.2, 0) is 11.3 Å². The van der Waals surface area contributed by atoms with Gasteiger partial charge in [-0.05, 0) is 45.0 Å². The van der Waals surface area contributed by atoms with Crippen LogP contribution >= 0.6 is 0 Å². The Balaban J connectivity index is 1.67. The number of esters is 1. The van der Waals surface area contributed by atoms with Gasteiger partial charge in [0.15, 0.2) is 18.1 Å². The Labute approximate surface area is 146 Å². The highest BCUT2D eigenvalue weighted by molar-refractivity contribution is 6.00. The first-order valence-electron chi connectivity index (χ1n) is 8.28. The SMILES string of the molecule is CCn1c(C)cc(C(=O)COC(=O)c2ccc3c(c2)OCCO3)c1C. The van der Waals surface area contributed by atoms with Crippen LogP contribution in [0.5, 0.6) is 11.5 Å². The van der Waals surface area contributed by atoms with Crippen molar-refractivity contribution >= 4 is 11.8 Å². The minimum Gasteiger partial charge on any atom is -0.486 e. The van der Waals surface area contributed by atoms with E-state index in [0.29, 0.717) is 35.8 Å². The lowest BCUT2D eigenvalue weighted by molar-refractivity contribution is 0.0473. The summed E-state index contributed by atoms with van der Waals surface area (Å²) >= 11 is 0. The topological polar surface area (TPSA) is 66.8 Å². The summed E-state index contributed by atoms with van der Waals surface area (Å²) < 4.78 is 18.1. The lowest BCUT2D eigenvalue weighted by atomic mass is 10.1. The number of carbonyl (C=O) groups is 2. The largest absolute Gasteiger partial charge is 0.486 e. The van der Waals surface area contributed by atoms with E-state index in [-0.39, 0.29) is 12.4 Å². The van der Waals surface area contributed by atoms with Crippen molar-refractivity contribution in [3.05, 3.63) is 46.8 Å². The molecule has 6 nitrogen and oxygen atoms in total. The maximum Gasteiger partial charge on any atom is 0.338 e. The molecular weight excluding hydrogens is 322 g/mol. The molecule has 1 aliphatic rings. The zero-order chi connectivity index (χ0) is 18.0. The highest BCUT2D eigenvalue weighted by Gasteiger charge is 2.19. The highest BCUT2D eigenvalue weighted by Crippen LogP contribution is 2.30. The summed E-state index contributed by atoms with van der Waals surface area (Å²) in [6.07, 6.45) is 0. The summed E-state index contributed by atoms with van der Waals surface area (Å²) in [7, 11) is 0. The van der Waals surface area contributed by atoms with Crippen LogP contribution in [-0.4, -0.2) is 36.1 Å². The van der Waals surface area contributed by atoms with Crippen molar-refractivity contribution in [2.45, 2.75) is 27.3 Å². The first kappa shape index (κ1) is 17.1. The summed E-state index contributed by atoms with van der Waals surface area (Å²) in [5, 5.41) is 0. The van der Waals surface area contributed by atoms with Gasteiger partial charge in [-0.2, -0.15) is 0 Å². The first-order valence-corrected chi connectivity index (χ1v) is 8.28. The van der Waals surface area contributed by atoms with Crippen LogP contribution in [0.4, 0.5) is 0 Å². The molecule has 0 unspecified atom stereocenters. The maximum absolute atomic E-state index is 12.4. The molecule has 0 radical (unpaired) electrons. The zero-order valence-electron chi connectivity index (χ0n) is 14.6. The third-order valence-corrected chi connectivity index (χ3v) is 4.30. The molecule has 0 atom stereocenters. The molecule has 25 heavy (non-hydrogen) atoms. The van der Waals surface area contributed by atoms with Crippen LogP contribution in [0.25, 0.3) is 0 Å². The molecule has 0 N–H and O–H groups in total. The monoisotopic (exact) mass is 343 g/mol. The Kier molecular flexibility index (Phi) is 4.79. The van der Waals surface area contributed by atoms with Crippen LogP contribution < -0.4 is 9.47 Å². The van der Waals surface area contributed by atoms with Gasteiger partial charge in [0.2, 0.25) is 5.78 Å². The number of ketones is 1. The van der Waals surface area contributed by atoms with Crippen LogP contribution in [0.2, 0.25) is 0 Å². The molecule has 0 aliphatic carbocycles. The van der Waals surface area contributed by atoms with Crippen molar-refractivity contribution in [3.8, 4) is 11.5 Å². The van der Waals surface area contributed by atoms with Crippen molar-refractivity contribution in [1.29, 1.82) is 0 Å². The predicted molar refractivity (Wildman–Crippen MR) is 91.6 cm³/mol. The van der Waals surface area contributed by atoms with E-state index in [1.54, 1.807) is 18.2 Å². The third kappa shape index (κ3) is 3.38. The van der Waals surface area contributed by atoms with E-state index < -0.39 is 5.97 Å². The van der Waals surface area contributed by atoms with E-state index in [4.69, 9.17) is 14.2 Å². The Morgan fingerprint density at radius 2 is 1.84 bits per heavy atom. The molecule has 3 rings (SSSR count). The second-order valence-electron chi connectivity index (χ2n) is 5.89. The van der Waals surface area contributed by atoms with Gasteiger partial charge in [-0.1, -0.05) is 0 Å². The number of hydrogen-bond acceptors (Lipinski definition) is 5. The predicted octanol–water partition coefficient (Wildman–Crippen LogP) is 2.94. The number of ether oxygens (including phenoxy) is 3. The maximum atomic E-state index is 12.4. The Morgan fingerprint density at radius 3 is 2.52 bits per heavy atom. The average Bonchev–Trinajstić information content (AvgIpc) is 2.92. The van der Waals surface area contributed by atoms with Crippen molar-refractivity contribution in [2.24, 2.45) is 0 Å². The van der Waals surface area contributed by atoms with Crippen LogP contribution in [0.1, 0.15) is 39.0 Å². The fourth-order valence-corrected chi connectivity index (χ4v) is 3.03. The molecule has 0 saturated carbocycles. The molecule has 0 fully saturated rings. The Hall–Kier alpha value is -2.76. The summed E-state index contributed by atoms with van der Waals surface area (Å²) in [4.78, 5) is 24.6. The summed E-state index contributed by atoms with van der Waals surface area (Å²) in [5.74, 6) is 0.345. The van der Waals surface area contributed by atoms with Crippen molar-refractivity contribution < 1.29 is 23.8 Å². The van der Waals surface area contributed by atoms with E-state index >= 15 is 0 Å². The standard InChI is InChI=1S/C19H21NO5/c1-4-20-12(2)9-15(13(20)3)16(21)11-25-19(22)14-5-6-17-18(10-14)24-8-7-23-17/h5-6,9-10H,4,7-8,11H2,1-3H3. The van der Waals surface area contributed by atoms with E-state index in [0.717, 1.165) is 17.9 Å². The molecule has 1 aliphatic heterocycles. The molecule has 1 aromatic heterocycles. The lowest BCUT2D eigenvalue weighted by Crippen LogP contribution is -2.17. The second-order valence-corrected chi connectivity index (χ2v) is 5.89. The van der Waals surface area contributed by atoms with Gasteiger partial charge >= 0.3 is 5.97 Å². The minimum atomic E-state index is -0.561. The van der Waals surface area contributed by atoms with E-state index in [2.05, 4.69) is 4.57 Å². The number of rotatable bonds is 5. The number of Topliss-reactive ketones (excluding diaryl/α,β-unsaturated/α-hetero) is 1. The highest BCUT2D eigenvalue weighted by atomic mass is 16.6. The molecule has 0 saturated heterocycles. The average molecular weight is 343 g/mol. The molecular formula is C19H21NO5. The van der Waals surface area contributed by atoms with Gasteiger partial charge in [0.05, 0.1) is 5.56 Å². The Bertz CT molecular complexity index is 821. The minimum absolute atomic E-state index is 0.210. The van der Waals surface area contributed by atoms with E-state index in [1.807, 2.05) is 26.8 Å². The number of fused-ring (bicyclic) bond motifs is 1.